The minimum Gasteiger partial charge on any atom is -0.246 e. The Kier molecular flexibility index (Phi) is 3.25. The van der Waals surface area contributed by atoms with Crippen molar-refractivity contribution in [3.8, 4) is 12.1 Å². The second-order valence-corrected chi connectivity index (χ2v) is 2.60. The van der Waals surface area contributed by atoms with E-state index < -0.39 is 17.9 Å². The molecule has 3 nitrogen and oxygen atoms in total. The number of nitriles is 2. The highest BCUT2D eigenvalue weighted by Gasteiger charge is 2.18. The predicted octanol–water partition coefficient (Wildman–Crippen LogP) is 2.10. The summed E-state index contributed by atoms with van der Waals surface area (Å²) in [7, 11) is 0. The van der Waals surface area contributed by atoms with Crippen molar-refractivity contribution in [1.29, 1.82) is 10.5 Å². The topological polar surface area (TPSA) is 60.5 Å². The summed E-state index contributed by atoms with van der Waals surface area (Å²) in [6, 6.07) is 3.92. The lowest BCUT2D eigenvalue weighted by Crippen LogP contribution is -2.03. The first-order valence-electron chi connectivity index (χ1n) is 3.84. The van der Waals surface area contributed by atoms with Crippen LogP contribution in [0.5, 0.6) is 0 Å². The molecule has 0 aromatic carbocycles. The first-order valence-corrected chi connectivity index (χ1v) is 3.84. The van der Waals surface area contributed by atoms with Gasteiger partial charge in [0.15, 0.2) is 5.82 Å². The van der Waals surface area contributed by atoms with Gasteiger partial charge in [0.25, 0.3) is 6.43 Å². The molecule has 1 heterocycles. The number of nitrogens with zero attached hydrogens (tertiary/aromatic N) is 3. The van der Waals surface area contributed by atoms with Crippen molar-refractivity contribution in [3.05, 3.63) is 28.8 Å². The number of halogens is 3. The van der Waals surface area contributed by atoms with Crippen molar-refractivity contribution in [3.63, 3.8) is 0 Å². The Hall–Kier alpha value is -2.08. The van der Waals surface area contributed by atoms with Gasteiger partial charge < -0.3 is 0 Å². The van der Waals surface area contributed by atoms with Crippen LogP contribution in [0.3, 0.4) is 0 Å². The van der Waals surface area contributed by atoms with E-state index in [1.165, 1.54) is 0 Å². The summed E-state index contributed by atoms with van der Waals surface area (Å²) in [4.78, 5) is 3.26. The SMILES string of the molecule is N#CCc1nc(C(F)F)c(F)cc1C#N. The molecule has 0 N–H and O–H groups in total. The molecule has 0 spiro atoms. The van der Waals surface area contributed by atoms with E-state index in [1.807, 2.05) is 0 Å². The molecule has 1 aromatic rings. The maximum absolute atomic E-state index is 12.9. The summed E-state index contributed by atoms with van der Waals surface area (Å²) in [5.74, 6) is -1.23. The van der Waals surface area contributed by atoms with Crippen molar-refractivity contribution >= 4 is 0 Å². The lowest BCUT2D eigenvalue weighted by molar-refractivity contribution is 0.140. The second kappa shape index (κ2) is 4.43. The zero-order valence-electron chi connectivity index (χ0n) is 7.34. The molecule has 0 saturated heterocycles. The molecule has 0 fully saturated rings. The maximum atomic E-state index is 12.9. The van der Waals surface area contributed by atoms with E-state index in [0.717, 1.165) is 0 Å². The third-order valence-corrected chi connectivity index (χ3v) is 1.66. The third kappa shape index (κ3) is 2.23. The lowest BCUT2D eigenvalue weighted by Gasteiger charge is -2.04. The van der Waals surface area contributed by atoms with Gasteiger partial charge in [0.2, 0.25) is 0 Å². The zero-order chi connectivity index (χ0) is 11.4. The van der Waals surface area contributed by atoms with Gasteiger partial charge in [-0.05, 0) is 6.07 Å². The first-order chi connectivity index (χ1) is 7.10. The Morgan fingerprint density at radius 1 is 1.40 bits per heavy atom. The molecule has 0 aliphatic heterocycles. The molecule has 1 aromatic heterocycles. The van der Waals surface area contributed by atoms with Gasteiger partial charge in [-0.2, -0.15) is 10.5 Å². The number of alkyl halides is 2. The zero-order valence-corrected chi connectivity index (χ0v) is 7.34. The molecule has 0 saturated carbocycles. The van der Waals surface area contributed by atoms with Crippen molar-refractivity contribution in [2.45, 2.75) is 12.8 Å². The van der Waals surface area contributed by atoms with Gasteiger partial charge in [0.1, 0.15) is 11.8 Å². The van der Waals surface area contributed by atoms with Crippen LogP contribution in [0.1, 0.15) is 23.4 Å². The van der Waals surface area contributed by atoms with Crippen LogP contribution in [0.15, 0.2) is 6.07 Å². The smallest absolute Gasteiger partial charge is 0.246 e. The molecule has 1 rings (SSSR count). The normalized spacial score (nSPS) is 9.73. The van der Waals surface area contributed by atoms with Crippen LogP contribution in [0.4, 0.5) is 13.2 Å². The largest absolute Gasteiger partial charge is 0.283 e. The Bertz CT molecular complexity index is 457. The average Bonchev–Trinajstić information content (AvgIpc) is 2.20. The molecule has 0 atom stereocenters. The van der Waals surface area contributed by atoms with Crippen LogP contribution in [0.2, 0.25) is 0 Å². The van der Waals surface area contributed by atoms with E-state index in [4.69, 9.17) is 10.5 Å². The number of hydrogen-bond donors (Lipinski definition) is 0. The van der Waals surface area contributed by atoms with Crippen LogP contribution in [-0.4, -0.2) is 4.98 Å². The summed E-state index contributed by atoms with van der Waals surface area (Å²) in [6.07, 6.45) is -3.36. The van der Waals surface area contributed by atoms with E-state index in [1.54, 1.807) is 12.1 Å². The van der Waals surface area contributed by atoms with Gasteiger partial charge in [-0.25, -0.2) is 18.2 Å². The summed E-state index contributed by atoms with van der Waals surface area (Å²) in [5, 5.41) is 16.9. The fraction of sp³-hybridized carbons (Fsp3) is 0.222. The summed E-state index contributed by atoms with van der Waals surface area (Å²) < 4.78 is 37.4. The Labute approximate surface area is 83.4 Å². The molecule has 15 heavy (non-hydrogen) atoms. The number of rotatable bonds is 2. The second-order valence-electron chi connectivity index (χ2n) is 2.60. The molecule has 0 unspecified atom stereocenters. The van der Waals surface area contributed by atoms with Crippen LogP contribution in [0, 0.1) is 28.5 Å². The molecule has 0 radical (unpaired) electrons. The van der Waals surface area contributed by atoms with Gasteiger partial charge in [0.05, 0.1) is 23.7 Å². The van der Waals surface area contributed by atoms with E-state index in [9.17, 15) is 13.2 Å². The van der Waals surface area contributed by atoms with E-state index in [0.29, 0.717) is 6.07 Å². The monoisotopic (exact) mass is 211 g/mol. The minimum absolute atomic E-state index is 0.128. The molecule has 6 heteroatoms. The molecule has 0 aliphatic rings. The Morgan fingerprint density at radius 3 is 2.53 bits per heavy atom. The summed E-state index contributed by atoms with van der Waals surface area (Å²) in [5.41, 5.74) is -1.35. The van der Waals surface area contributed by atoms with E-state index in [-0.39, 0.29) is 17.7 Å². The average molecular weight is 211 g/mol. The molecular formula is C9H4F3N3. The minimum atomic E-state index is -3.06. The standard InChI is InChI=1S/C9H4F3N3/c10-6-3-5(4-14)7(1-2-13)15-8(6)9(11)12/h3,9H,1H2. The molecular weight excluding hydrogens is 207 g/mol. The summed E-state index contributed by atoms with van der Waals surface area (Å²) in [6.45, 7) is 0. The van der Waals surface area contributed by atoms with Gasteiger partial charge in [-0.1, -0.05) is 0 Å². The van der Waals surface area contributed by atoms with Crippen LogP contribution in [0.25, 0.3) is 0 Å². The third-order valence-electron chi connectivity index (χ3n) is 1.66. The summed E-state index contributed by atoms with van der Waals surface area (Å²) >= 11 is 0. The molecule has 0 aliphatic carbocycles. The number of pyridine rings is 1. The van der Waals surface area contributed by atoms with Gasteiger partial charge in [-0.3, -0.25) is 0 Å². The van der Waals surface area contributed by atoms with Gasteiger partial charge in [-0.15, -0.1) is 0 Å². The molecule has 76 valence electrons. The highest BCUT2D eigenvalue weighted by Crippen LogP contribution is 2.22. The highest BCUT2D eigenvalue weighted by atomic mass is 19.3. The predicted molar refractivity (Wildman–Crippen MR) is 43.2 cm³/mol. The lowest BCUT2D eigenvalue weighted by atomic mass is 10.1. The van der Waals surface area contributed by atoms with Crippen molar-refractivity contribution in [2.24, 2.45) is 0 Å². The van der Waals surface area contributed by atoms with E-state index in [2.05, 4.69) is 4.98 Å². The van der Waals surface area contributed by atoms with Crippen molar-refractivity contribution < 1.29 is 13.2 Å². The number of hydrogen-bond acceptors (Lipinski definition) is 3. The van der Waals surface area contributed by atoms with Crippen molar-refractivity contribution in [1.82, 2.24) is 4.98 Å². The molecule has 0 amide bonds. The van der Waals surface area contributed by atoms with Gasteiger partial charge >= 0.3 is 0 Å². The number of aromatic nitrogens is 1. The Balaban J connectivity index is 3.33. The Morgan fingerprint density at radius 2 is 2.07 bits per heavy atom. The molecule has 0 bridgehead atoms. The van der Waals surface area contributed by atoms with Crippen LogP contribution < -0.4 is 0 Å². The van der Waals surface area contributed by atoms with Crippen LogP contribution >= 0.6 is 0 Å². The van der Waals surface area contributed by atoms with Crippen LogP contribution in [-0.2, 0) is 6.42 Å². The highest BCUT2D eigenvalue weighted by molar-refractivity contribution is 5.36. The van der Waals surface area contributed by atoms with Gasteiger partial charge in [0, 0.05) is 0 Å². The van der Waals surface area contributed by atoms with E-state index >= 15 is 0 Å². The fourth-order valence-electron chi connectivity index (χ4n) is 1.00. The fourth-order valence-corrected chi connectivity index (χ4v) is 1.00. The van der Waals surface area contributed by atoms with Crippen molar-refractivity contribution in [2.75, 3.05) is 0 Å². The quantitative estimate of drug-likeness (QED) is 0.752. The first kappa shape index (κ1) is 11.0. The maximum Gasteiger partial charge on any atom is 0.283 e.